The molecule has 3 heterocycles. The van der Waals surface area contributed by atoms with E-state index >= 15 is 0 Å². The Balaban J connectivity index is 1.38. The van der Waals surface area contributed by atoms with Gasteiger partial charge in [-0.3, -0.25) is 14.5 Å². The third-order valence-corrected chi connectivity index (χ3v) is 6.78. The molecule has 0 aliphatic carbocycles. The van der Waals surface area contributed by atoms with E-state index < -0.39 is 17.5 Å². The first kappa shape index (κ1) is 21.1. The summed E-state index contributed by atoms with van der Waals surface area (Å²) < 4.78 is 10.7. The Bertz CT molecular complexity index is 1230. The summed E-state index contributed by atoms with van der Waals surface area (Å²) in [4.78, 5) is 41.9. The van der Waals surface area contributed by atoms with Gasteiger partial charge < -0.3 is 19.7 Å². The zero-order chi connectivity index (χ0) is 23.5. The number of hydrogen-bond donors (Lipinski definition) is 1. The number of carbonyl (C=O) groups excluding carboxylic acids is 3. The number of nitrogens with one attached hydrogen (secondary N) is 1. The number of hydrogen-bond acceptors (Lipinski definition) is 6. The summed E-state index contributed by atoms with van der Waals surface area (Å²) in [7, 11) is 1.91. The Hall–Kier alpha value is -3.81. The first-order valence-corrected chi connectivity index (χ1v) is 10.8. The number of nitrogens with zero attached hydrogens (tertiary/aromatic N) is 2. The van der Waals surface area contributed by atoms with Gasteiger partial charge in [0.2, 0.25) is 6.79 Å². The highest BCUT2D eigenvalue weighted by Crippen LogP contribution is 2.46. The molecule has 2 aromatic carbocycles. The number of imide groups is 1. The fourth-order valence-corrected chi connectivity index (χ4v) is 4.86. The molecule has 0 saturated carbocycles. The van der Waals surface area contributed by atoms with Crippen LogP contribution in [-0.4, -0.2) is 43.0 Å². The van der Waals surface area contributed by atoms with Crippen LogP contribution in [0.3, 0.4) is 0 Å². The molecule has 0 aromatic heterocycles. The molecule has 0 spiro atoms. The summed E-state index contributed by atoms with van der Waals surface area (Å²) in [5, 5.41) is 2.73. The number of urea groups is 1. The number of amides is 3. The lowest BCUT2D eigenvalue weighted by molar-refractivity contribution is -0.133. The van der Waals surface area contributed by atoms with Crippen molar-refractivity contribution >= 4 is 23.4 Å². The van der Waals surface area contributed by atoms with Gasteiger partial charge in [-0.25, -0.2) is 4.79 Å². The van der Waals surface area contributed by atoms with Crippen LogP contribution in [-0.2, 0) is 20.5 Å². The zero-order valence-corrected chi connectivity index (χ0v) is 19.0. The van der Waals surface area contributed by atoms with Crippen molar-refractivity contribution in [3.63, 3.8) is 0 Å². The van der Waals surface area contributed by atoms with Crippen LogP contribution in [0, 0.1) is 0 Å². The highest BCUT2D eigenvalue weighted by atomic mass is 16.7. The lowest BCUT2D eigenvalue weighted by Crippen LogP contribution is -2.41. The molecule has 3 aliphatic rings. The zero-order valence-electron chi connectivity index (χ0n) is 19.0. The van der Waals surface area contributed by atoms with Gasteiger partial charge in [0.15, 0.2) is 17.3 Å². The van der Waals surface area contributed by atoms with Crippen molar-refractivity contribution in [3.8, 4) is 11.5 Å². The summed E-state index contributed by atoms with van der Waals surface area (Å²) >= 11 is 0. The van der Waals surface area contributed by atoms with Crippen LogP contribution < -0.4 is 19.7 Å². The number of ether oxygens (including phenoxy) is 2. The maximum atomic E-state index is 13.3. The summed E-state index contributed by atoms with van der Waals surface area (Å²) in [6.45, 7) is 5.50. The summed E-state index contributed by atoms with van der Waals surface area (Å²) in [6, 6.07) is 12.5. The Kier molecular flexibility index (Phi) is 4.53. The van der Waals surface area contributed by atoms with E-state index in [9.17, 15) is 14.4 Å². The molecule has 170 valence electrons. The molecule has 1 fully saturated rings. The van der Waals surface area contributed by atoms with Crippen molar-refractivity contribution < 1.29 is 23.9 Å². The van der Waals surface area contributed by atoms with E-state index in [2.05, 4.69) is 19.2 Å². The van der Waals surface area contributed by atoms with Crippen molar-refractivity contribution in [1.82, 2.24) is 10.2 Å². The minimum atomic E-state index is -1.30. The Morgan fingerprint density at radius 2 is 1.82 bits per heavy atom. The van der Waals surface area contributed by atoms with Crippen LogP contribution in [0.4, 0.5) is 10.5 Å². The third-order valence-electron chi connectivity index (χ3n) is 6.78. The van der Waals surface area contributed by atoms with Gasteiger partial charge in [-0.15, -0.1) is 0 Å². The smallest absolute Gasteiger partial charge is 0.325 e. The van der Waals surface area contributed by atoms with Gasteiger partial charge in [0, 0.05) is 29.9 Å². The predicted molar refractivity (Wildman–Crippen MR) is 121 cm³/mol. The van der Waals surface area contributed by atoms with Gasteiger partial charge in [-0.1, -0.05) is 38.1 Å². The van der Waals surface area contributed by atoms with E-state index in [4.69, 9.17) is 9.47 Å². The molecule has 5 rings (SSSR count). The number of fused-ring (bicyclic) bond motifs is 2. The van der Waals surface area contributed by atoms with E-state index in [0.717, 1.165) is 21.8 Å². The van der Waals surface area contributed by atoms with Crippen LogP contribution in [0.5, 0.6) is 11.5 Å². The molecule has 1 saturated heterocycles. The molecular weight excluding hydrogens is 422 g/mol. The average Bonchev–Trinajstić information content (AvgIpc) is 3.40. The molecule has 1 unspecified atom stereocenters. The molecule has 1 atom stereocenters. The fourth-order valence-electron chi connectivity index (χ4n) is 4.86. The molecule has 0 bridgehead atoms. The van der Waals surface area contributed by atoms with Gasteiger partial charge in [0.05, 0.1) is 6.54 Å². The van der Waals surface area contributed by atoms with Crippen LogP contribution >= 0.6 is 0 Å². The standard InChI is InChI=1S/C25H25N3O5/c1-24(2)17-7-5-6-8-18(17)27(4)21(24)12-16(29)13-28-22(30)25(3,26-23(28)31)15-9-10-19-20(11-15)33-14-32-19/h5-12H,13-14H2,1-4H3,(H,26,31). The quantitative estimate of drug-likeness (QED) is 0.573. The van der Waals surface area contributed by atoms with Crippen LogP contribution in [0.1, 0.15) is 31.9 Å². The number of allylic oxidation sites excluding steroid dienone is 1. The largest absolute Gasteiger partial charge is 0.454 e. The number of benzene rings is 2. The van der Waals surface area contributed by atoms with Crippen molar-refractivity contribution in [2.24, 2.45) is 0 Å². The molecule has 3 aliphatic heterocycles. The van der Waals surface area contributed by atoms with Crippen molar-refractivity contribution in [2.45, 2.75) is 31.7 Å². The normalized spacial score (nSPS) is 23.8. The first-order chi connectivity index (χ1) is 15.6. The fraction of sp³-hybridized carbons (Fsp3) is 0.320. The molecule has 33 heavy (non-hydrogen) atoms. The third kappa shape index (κ3) is 3.08. The molecule has 0 radical (unpaired) electrons. The number of carbonyl (C=O) groups is 3. The maximum absolute atomic E-state index is 13.3. The highest BCUT2D eigenvalue weighted by Gasteiger charge is 2.50. The van der Waals surface area contributed by atoms with Gasteiger partial charge in [0.25, 0.3) is 5.91 Å². The number of likely N-dealkylation sites (N-methyl/N-ethyl adjacent to an activating group) is 1. The number of anilines is 1. The molecule has 1 N–H and O–H groups in total. The molecule has 2 aromatic rings. The van der Waals surface area contributed by atoms with Crippen LogP contribution in [0.15, 0.2) is 54.2 Å². The highest BCUT2D eigenvalue weighted by molar-refractivity contribution is 6.10. The number of para-hydroxylation sites is 1. The molecule has 3 amide bonds. The summed E-state index contributed by atoms with van der Waals surface area (Å²) in [6.07, 6.45) is 1.54. The second kappa shape index (κ2) is 7.10. The van der Waals surface area contributed by atoms with Gasteiger partial charge in [-0.2, -0.15) is 0 Å². The van der Waals surface area contributed by atoms with E-state index in [1.54, 1.807) is 25.1 Å². The Labute approximate surface area is 191 Å². The number of ketones is 1. The van der Waals surface area contributed by atoms with Crippen LogP contribution in [0.2, 0.25) is 0 Å². The lowest BCUT2D eigenvalue weighted by Gasteiger charge is -2.24. The Morgan fingerprint density at radius 1 is 1.09 bits per heavy atom. The first-order valence-electron chi connectivity index (χ1n) is 10.8. The minimum Gasteiger partial charge on any atom is -0.454 e. The molecule has 8 nitrogen and oxygen atoms in total. The second-order valence-corrected chi connectivity index (χ2v) is 9.21. The summed E-state index contributed by atoms with van der Waals surface area (Å²) in [5.74, 6) is 0.291. The van der Waals surface area contributed by atoms with Crippen molar-refractivity contribution in [2.75, 3.05) is 25.3 Å². The van der Waals surface area contributed by atoms with E-state index in [0.29, 0.717) is 17.1 Å². The average molecular weight is 447 g/mol. The van der Waals surface area contributed by atoms with Gasteiger partial charge in [-0.05, 0) is 36.2 Å². The van der Waals surface area contributed by atoms with Gasteiger partial charge in [0.1, 0.15) is 5.54 Å². The van der Waals surface area contributed by atoms with Crippen molar-refractivity contribution in [3.05, 3.63) is 65.4 Å². The second-order valence-electron chi connectivity index (χ2n) is 9.21. The predicted octanol–water partition coefficient (Wildman–Crippen LogP) is 3.06. The van der Waals surface area contributed by atoms with Gasteiger partial charge >= 0.3 is 6.03 Å². The van der Waals surface area contributed by atoms with E-state index in [1.807, 2.05) is 36.2 Å². The topological polar surface area (TPSA) is 88.2 Å². The Morgan fingerprint density at radius 3 is 2.58 bits per heavy atom. The number of rotatable bonds is 4. The summed E-state index contributed by atoms with van der Waals surface area (Å²) in [5.41, 5.74) is 1.86. The van der Waals surface area contributed by atoms with Crippen molar-refractivity contribution in [1.29, 1.82) is 0 Å². The van der Waals surface area contributed by atoms with E-state index in [1.165, 1.54) is 6.08 Å². The van der Waals surface area contributed by atoms with Crippen LogP contribution in [0.25, 0.3) is 0 Å². The monoisotopic (exact) mass is 447 g/mol. The maximum Gasteiger partial charge on any atom is 0.325 e. The molecular formula is C25H25N3O5. The minimum absolute atomic E-state index is 0.111. The molecule has 8 heteroatoms. The SMILES string of the molecule is CN1C(=CC(=O)CN2C(=O)NC(C)(c3ccc4c(c3)OCO4)C2=O)C(C)(C)c2ccccc21. The van der Waals surface area contributed by atoms with E-state index in [-0.39, 0.29) is 24.5 Å². The lowest BCUT2D eigenvalue weighted by atomic mass is 9.83.